The fourth-order valence-corrected chi connectivity index (χ4v) is 2.74. The van der Waals surface area contributed by atoms with Crippen LogP contribution in [0.4, 0.5) is 0 Å². The molecule has 0 N–H and O–H groups in total. The second kappa shape index (κ2) is 4.53. The van der Waals surface area contributed by atoms with Crippen molar-refractivity contribution in [3.8, 4) is 0 Å². The zero-order chi connectivity index (χ0) is 15.3. The second-order valence-electron chi connectivity index (χ2n) is 5.22. The van der Waals surface area contributed by atoms with Gasteiger partial charge in [0, 0.05) is 0 Å². The highest BCUT2D eigenvalue weighted by molar-refractivity contribution is 6.21. The number of carbonyl (C=O) groups excluding carboxylic acids is 2. The lowest BCUT2D eigenvalue weighted by Crippen LogP contribution is -2.32. The monoisotopic (exact) mass is 292 g/mol. The zero-order valence-electron chi connectivity index (χ0n) is 11.8. The summed E-state index contributed by atoms with van der Waals surface area (Å²) in [4.78, 5) is 30.5. The van der Waals surface area contributed by atoms with Crippen molar-refractivity contribution in [1.29, 1.82) is 0 Å². The second-order valence-corrected chi connectivity index (χ2v) is 5.22. The predicted octanol–water partition coefficient (Wildman–Crippen LogP) is 3.19. The van der Waals surface area contributed by atoms with Crippen LogP contribution in [0.2, 0.25) is 0 Å². The molecule has 5 heteroatoms. The van der Waals surface area contributed by atoms with Crippen molar-refractivity contribution in [2.24, 2.45) is 0 Å². The molecule has 0 bridgehead atoms. The van der Waals surface area contributed by atoms with Crippen LogP contribution in [0.5, 0.6) is 0 Å². The Balaban J connectivity index is 1.76. The molecule has 2 heterocycles. The molecule has 0 spiro atoms. The molecule has 0 fully saturated rings. The highest BCUT2D eigenvalue weighted by Crippen LogP contribution is 2.31. The van der Waals surface area contributed by atoms with Crippen LogP contribution < -0.4 is 0 Å². The Labute approximate surface area is 126 Å². The summed E-state index contributed by atoms with van der Waals surface area (Å²) in [7, 11) is 0. The van der Waals surface area contributed by atoms with Gasteiger partial charge in [-0.1, -0.05) is 24.3 Å². The molecule has 0 aliphatic carbocycles. The maximum atomic E-state index is 12.5. The molecule has 1 aliphatic rings. The fourth-order valence-electron chi connectivity index (χ4n) is 2.74. The molecule has 0 radical (unpaired) electrons. The minimum atomic E-state index is -0.556. The Bertz CT molecular complexity index is 845. The van der Waals surface area contributed by atoms with Gasteiger partial charge in [-0.15, -0.1) is 0 Å². The third-order valence-electron chi connectivity index (χ3n) is 3.88. The molecule has 1 aliphatic heterocycles. The van der Waals surface area contributed by atoms with Crippen molar-refractivity contribution >= 4 is 22.9 Å². The SMILES string of the molecule is C[C@@H](c1nc2ccccc2o1)N1C(=O)c2ccccc2C1=O. The normalized spacial score (nSPS) is 15.4. The van der Waals surface area contributed by atoms with Crippen LogP contribution in [0.25, 0.3) is 11.1 Å². The Morgan fingerprint density at radius 3 is 2.18 bits per heavy atom. The summed E-state index contributed by atoms with van der Waals surface area (Å²) in [6, 6.07) is 13.6. The molecule has 1 aromatic heterocycles. The minimum Gasteiger partial charge on any atom is -0.438 e. The van der Waals surface area contributed by atoms with Gasteiger partial charge in [0.05, 0.1) is 11.1 Å². The van der Waals surface area contributed by atoms with Crippen molar-refractivity contribution in [1.82, 2.24) is 9.88 Å². The first-order chi connectivity index (χ1) is 10.7. The molecule has 0 saturated carbocycles. The van der Waals surface area contributed by atoms with Gasteiger partial charge in [0.1, 0.15) is 11.6 Å². The quantitative estimate of drug-likeness (QED) is 0.680. The van der Waals surface area contributed by atoms with Gasteiger partial charge in [0.15, 0.2) is 5.58 Å². The van der Waals surface area contributed by atoms with E-state index in [0.29, 0.717) is 28.1 Å². The molecule has 1 atom stereocenters. The van der Waals surface area contributed by atoms with Gasteiger partial charge in [0.25, 0.3) is 11.8 Å². The number of para-hydroxylation sites is 2. The van der Waals surface area contributed by atoms with Crippen molar-refractivity contribution in [2.75, 3.05) is 0 Å². The number of hydrogen-bond donors (Lipinski definition) is 0. The van der Waals surface area contributed by atoms with Crippen LogP contribution in [0, 0.1) is 0 Å². The first-order valence-corrected chi connectivity index (χ1v) is 6.99. The van der Waals surface area contributed by atoms with Gasteiger partial charge in [-0.25, -0.2) is 4.98 Å². The summed E-state index contributed by atoms with van der Waals surface area (Å²) >= 11 is 0. The van der Waals surface area contributed by atoms with Crippen LogP contribution >= 0.6 is 0 Å². The van der Waals surface area contributed by atoms with Crippen molar-refractivity contribution in [3.63, 3.8) is 0 Å². The smallest absolute Gasteiger partial charge is 0.262 e. The van der Waals surface area contributed by atoms with Gasteiger partial charge in [-0.05, 0) is 31.2 Å². The third-order valence-corrected chi connectivity index (χ3v) is 3.88. The molecule has 22 heavy (non-hydrogen) atoms. The van der Waals surface area contributed by atoms with Crippen molar-refractivity contribution < 1.29 is 14.0 Å². The molecule has 3 aromatic rings. The number of rotatable bonds is 2. The van der Waals surface area contributed by atoms with E-state index in [0.717, 1.165) is 0 Å². The van der Waals surface area contributed by atoms with E-state index in [-0.39, 0.29) is 11.8 Å². The average molecular weight is 292 g/mol. The number of fused-ring (bicyclic) bond motifs is 2. The lowest BCUT2D eigenvalue weighted by atomic mass is 10.1. The van der Waals surface area contributed by atoms with E-state index >= 15 is 0 Å². The minimum absolute atomic E-state index is 0.310. The Hall–Kier alpha value is -2.95. The molecular weight excluding hydrogens is 280 g/mol. The number of carbonyl (C=O) groups is 2. The largest absolute Gasteiger partial charge is 0.438 e. The Kier molecular flexibility index (Phi) is 2.63. The lowest BCUT2D eigenvalue weighted by molar-refractivity contribution is 0.0575. The molecular formula is C17H12N2O3. The third kappa shape index (κ3) is 1.69. The van der Waals surface area contributed by atoms with Gasteiger partial charge >= 0.3 is 0 Å². The van der Waals surface area contributed by atoms with E-state index in [4.69, 9.17) is 4.42 Å². The summed E-state index contributed by atoms with van der Waals surface area (Å²) in [5.41, 5.74) is 2.20. The summed E-state index contributed by atoms with van der Waals surface area (Å²) in [6.07, 6.45) is 0. The first-order valence-electron chi connectivity index (χ1n) is 6.99. The Morgan fingerprint density at radius 1 is 0.955 bits per heavy atom. The van der Waals surface area contributed by atoms with Crippen LogP contribution in [0.3, 0.4) is 0 Å². The maximum Gasteiger partial charge on any atom is 0.262 e. The highest BCUT2D eigenvalue weighted by Gasteiger charge is 2.40. The van der Waals surface area contributed by atoms with Crippen LogP contribution in [0.15, 0.2) is 52.9 Å². The van der Waals surface area contributed by atoms with Gasteiger partial charge < -0.3 is 4.42 Å². The van der Waals surface area contributed by atoms with E-state index in [9.17, 15) is 9.59 Å². The fraction of sp³-hybridized carbons (Fsp3) is 0.118. The highest BCUT2D eigenvalue weighted by atomic mass is 16.4. The molecule has 0 saturated heterocycles. The summed E-state index contributed by atoms with van der Waals surface area (Å²) in [5.74, 6) is -0.263. The van der Waals surface area contributed by atoms with E-state index in [2.05, 4.69) is 4.98 Å². The molecule has 5 nitrogen and oxygen atoms in total. The molecule has 108 valence electrons. The van der Waals surface area contributed by atoms with Gasteiger partial charge in [-0.3, -0.25) is 14.5 Å². The number of aromatic nitrogens is 1. The van der Waals surface area contributed by atoms with Crippen molar-refractivity contribution in [3.05, 3.63) is 65.5 Å². The number of amides is 2. The predicted molar refractivity (Wildman–Crippen MR) is 79.4 cm³/mol. The zero-order valence-corrected chi connectivity index (χ0v) is 11.8. The van der Waals surface area contributed by atoms with E-state index in [1.54, 1.807) is 37.3 Å². The van der Waals surface area contributed by atoms with Gasteiger partial charge in [0.2, 0.25) is 5.89 Å². The van der Waals surface area contributed by atoms with Crippen LogP contribution in [-0.4, -0.2) is 21.7 Å². The molecule has 2 aromatic carbocycles. The molecule has 0 unspecified atom stereocenters. The van der Waals surface area contributed by atoms with Crippen molar-refractivity contribution in [2.45, 2.75) is 13.0 Å². The number of benzene rings is 2. The number of imide groups is 1. The average Bonchev–Trinajstić information content (AvgIpc) is 3.08. The standard InChI is InChI=1S/C17H12N2O3/c1-10(15-18-13-8-4-5-9-14(13)22-15)19-16(20)11-6-2-3-7-12(11)17(19)21/h2-10H,1H3/t10-/m0/s1. The van der Waals surface area contributed by atoms with Gasteiger partial charge in [-0.2, -0.15) is 0 Å². The molecule has 2 amide bonds. The number of hydrogen-bond acceptors (Lipinski definition) is 4. The molecule has 4 rings (SSSR count). The number of oxazole rings is 1. The summed E-state index contributed by atoms with van der Waals surface area (Å²) in [6.45, 7) is 1.74. The first kappa shape index (κ1) is 12.8. The number of nitrogens with zero attached hydrogens (tertiary/aromatic N) is 2. The topological polar surface area (TPSA) is 63.4 Å². The van der Waals surface area contributed by atoms with E-state index in [1.165, 1.54) is 4.90 Å². The lowest BCUT2D eigenvalue weighted by Gasteiger charge is -2.19. The Morgan fingerprint density at radius 2 is 1.55 bits per heavy atom. The van der Waals surface area contributed by atoms with Crippen LogP contribution in [0.1, 0.15) is 39.6 Å². The summed E-state index contributed by atoms with van der Waals surface area (Å²) < 4.78 is 5.68. The summed E-state index contributed by atoms with van der Waals surface area (Å²) in [5, 5.41) is 0. The van der Waals surface area contributed by atoms with Crippen LogP contribution in [-0.2, 0) is 0 Å². The van der Waals surface area contributed by atoms with E-state index in [1.807, 2.05) is 18.2 Å². The maximum absolute atomic E-state index is 12.5. The van der Waals surface area contributed by atoms with E-state index < -0.39 is 6.04 Å².